The molecule has 2 heterocycles. The van der Waals surface area contributed by atoms with E-state index in [2.05, 4.69) is 22.5 Å². The van der Waals surface area contributed by atoms with Crippen molar-refractivity contribution in [1.29, 1.82) is 0 Å². The molecule has 5 nitrogen and oxygen atoms in total. The third-order valence-electron chi connectivity index (χ3n) is 6.33. The minimum Gasteiger partial charge on any atom is -0.357 e. The number of likely N-dealkylation sites (tertiary alicyclic amines) is 1. The predicted molar refractivity (Wildman–Crippen MR) is 104 cm³/mol. The van der Waals surface area contributed by atoms with E-state index in [9.17, 15) is 9.18 Å². The van der Waals surface area contributed by atoms with E-state index in [1.807, 2.05) is 12.1 Å². The van der Waals surface area contributed by atoms with Crippen LogP contribution in [0.3, 0.4) is 0 Å². The summed E-state index contributed by atoms with van der Waals surface area (Å²) in [6, 6.07) is 6.89. The van der Waals surface area contributed by atoms with Crippen molar-refractivity contribution in [2.24, 2.45) is 10.4 Å². The molecule has 0 radical (unpaired) electrons. The molecule has 2 N–H and O–H groups in total. The van der Waals surface area contributed by atoms with Crippen molar-refractivity contribution in [2.45, 2.75) is 44.4 Å². The summed E-state index contributed by atoms with van der Waals surface area (Å²) in [6.45, 7) is 6.27. The molecular formula is C21H29FN4O. The highest BCUT2D eigenvalue weighted by Gasteiger charge is 2.45. The van der Waals surface area contributed by atoms with Gasteiger partial charge in [-0.15, -0.1) is 0 Å². The van der Waals surface area contributed by atoms with Gasteiger partial charge in [0.25, 0.3) is 0 Å². The van der Waals surface area contributed by atoms with E-state index in [0.29, 0.717) is 6.42 Å². The number of nitrogens with zero attached hydrogens (tertiary/aromatic N) is 2. The Morgan fingerprint density at radius 3 is 2.70 bits per heavy atom. The molecule has 1 spiro atoms. The number of hydrogen-bond donors (Lipinski definition) is 2. The summed E-state index contributed by atoms with van der Waals surface area (Å²) in [6.07, 6.45) is 5.01. The lowest BCUT2D eigenvalue weighted by molar-refractivity contribution is -0.119. The second-order valence-corrected chi connectivity index (χ2v) is 8.44. The van der Waals surface area contributed by atoms with Gasteiger partial charge >= 0.3 is 0 Å². The fourth-order valence-corrected chi connectivity index (χ4v) is 4.57. The van der Waals surface area contributed by atoms with Crippen LogP contribution in [0, 0.1) is 11.2 Å². The van der Waals surface area contributed by atoms with Crippen molar-refractivity contribution in [3.05, 3.63) is 35.6 Å². The molecule has 146 valence electrons. The summed E-state index contributed by atoms with van der Waals surface area (Å²) in [5.41, 5.74) is 1.30. The minimum absolute atomic E-state index is 0.0553. The first kappa shape index (κ1) is 18.3. The van der Waals surface area contributed by atoms with E-state index in [1.54, 1.807) is 12.1 Å². The maximum Gasteiger partial charge on any atom is 0.220 e. The number of rotatable bonds is 4. The molecule has 3 aliphatic rings. The molecule has 6 heteroatoms. The van der Waals surface area contributed by atoms with Crippen LogP contribution in [0.1, 0.15) is 44.6 Å². The molecule has 1 aromatic rings. The van der Waals surface area contributed by atoms with Crippen LogP contribution >= 0.6 is 0 Å². The van der Waals surface area contributed by atoms with Crippen LogP contribution < -0.4 is 10.6 Å². The number of benzene rings is 1. The van der Waals surface area contributed by atoms with E-state index in [1.165, 1.54) is 5.56 Å². The SMILES string of the molecule is CCNC(=NCC1(c2ccc(F)cc2)CC1)N1CCCC2(CNC(=O)C2)C1. The van der Waals surface area contributed by atoms with Crippen molar-refractivity contribution in [1.82, 2.24) is 15.5 Å². The Kier molecular flexibility index (Phi) is 4.82. The summed E-state index contributed by atoms with van der Waals surface area (Å²) in [4.78, 5) is 19.1. The van der Waals surface area contributed by atoms with E-state index < -0.39 is 0 Å². The van der Waals surface area contributed by atoms with Gasteiger partial charge in [0.2, 0.25) is 5.91 Å². The number of carbonyl (C=O) groups is 1. The van der Waals surface area contributed by atoms with Gasteiger partial charge in [0, 0.05) is 43.4 Å². The van der Waals surface area contributed by atoms with Crippen LogP contribution in [0.25, 0.3) is 0 Å². The first-order chi connectivity index (χ1) is 13.0. The number of carbonyl (C=O) groups excluding carboxylic acids is 1. The van der Waals surface area contributed by atoms with E-state index in [-0.39, 0.29) is 22.6 Å². The molecule has 2 aliphatic heterocycles. The highest BCUT2D eigenvalue weighted by molar-refractivity contribution is 5.82. The minimum atomic E-state index is -0.190. The third kappa shape index (κ3) is 3.80. The van der Waals surface area contributed by atoms with Gasteiger partial charge in [0.05, 0.1) is 6.54 Å². The summed E-state index contributed by atoms with van der Waals surface area (Å²) in [5.74, 6) is 0.932. The Bertz CT molecular complexity index is 728. The van der Waals surface area contributed by atoms with Gasteiger partial charge in [-0.2, -0.15) is 0 Å². The number of guanidine groups is 1. The molecule has 1 aliphatic carbocycles. The Hall–Kier alpha value is -2.11. The first-order valence-corrected chi connectivity index (χ1v) is 10.1. The average Bonchev–Trinajstić information content (AvgIpc) is 3.37. The second-order valence-electron chi connectivity index (χ2n) is 8.44. The molecular weight excluding hydrogens is 343 g/mol. The maximum absolute atomic E-state index is 13.3. The normalized spacial score (nSPS) is 27.0. The highest BCUT2D eigenvalue weighted by atomic mass is 19.1. The molecule has 0 aromatic heterocycles. The van der Waals surface area contributed by atoms with Gasteiger partial charge in [-0.05, 0) is 50.3 Å². The monoisotopic (exact) mass is 372 g/mol. The van der Waals surface area contributed by atoms with Crippen molar-refractivity contribution >= 4 is 11.9 Å². The topological polar surface area (TPSA) is 56.7 Å². The largest absolute Gasteiger partial charge is 0.357 e. The molecule has 3 fully saturated rings. The lowest BCUT2D eigenvalue weighted by atomic mass is 9.79. The summed E-state index contributed by atoms with van der Waals surface area (Å²) >= 11 is 0. The summed E-state index contributed by atoms with van der Waals surface area (Å²) in [5, 5.41) is 6.45. The molecule has 1 amide bonds. The second kappa shape index (κ2) is 7.13. The van der Waals surface area contributed by atoms with E-state index >= 15 is 0 Å². The number of hydrogen-bond acceptors (Lipinski definition) is 2. The van der Waals surface area contributed by atoms with Crippen LogP contribution in [-0.4, -0.2) is 49.5 Å². The molecule has 2 saturated heterocycles. The Labute approximate surface area is 160 Å². The zero-order valence-electron chi connectivity index (χ0n) is 16.1. The zero-order valence-corrected chi connectivity index (χ0v) is 16.1. The van der Waals surface area contributed by atoms with Crippen LogP contribution in [0.2, 0.25) is 0 Å². The Balaban J connectivity index is 1.49. The van der Waals surface area contributed by atoms with Gasteiger partial charge in [-0.3, -0.25) is 9.79 Å². The number of aliphatic imine (C=N–C) groups is 1. The third-order valence-corrected chi connectivity index (χ3v) is 6.33. The number of halogens is 1. The van der Waals surface area contributed by atoms with Gasteiger partial charge in [0.1, 0.15) is 5.82 Å². The average molecular weight is 372 g/mol. The van der Waals surface area contributed by atoms with Crippen molar-refractivity contribution < 1.29 is 9.18 Å². The molecule has 1 aromatic carbocycles. The highest BCUT2D eigenvalue weighted by Crippen LogP contribution is 2.48. The molecule has 27 heavy (non-hydrogen) atoms. The molecule has 1 atom stereocenters. The molecule has 0 bridgehead atoms. The Morgan fingerprint density at radius 2 is 2.07 bits per heavy atom. The fraction of sp³-hybridized carbons (Fsp3) is 0.619. The van der Waals surface area contributed by atoms with Crippen LogP contribution in [-0.2, 0) is 10.2 Å². The first-order valence-electron chi connectivity index (χ1n) is 10.1. The van der Waals surface area contributed by atoms with Gasteiger partial charge in [-0.25, -0.2) is 4.39 Å². The van der Waals surface area contributed by atoms with Gasteiger partial charge in [-0.1, -0.05) is 12.1 Å². The lowest BCUT2D eigenvalue weighted by Crippen LogP contribution is -2.51. The predicted octanol–water partition coefficient (Wildman–Crippen LogP) is 2.42. The quantitative estimate of drug-likeness (QED) is 0.630. The van der Waals surface area contributed by atoms with Crippen molar-refractivity contribution in [2.75, 3.05) is 32.7 Å². The summed E-state index contributed by atoms with van der Waals surface area (Å²) < 4.78 is 13.3. The number of piperidine rings is 1. The molecule has 4 rings (SSSR count). The number of nitrogens with one attached hydrogen (secondary N) is 2. The van der Waals surface area contributed by atoms with Crippen molar-refractivity contribution in [3.63, 3.8) is 0 Å². The van der Waals surface area contributed by atoms with Crippen molar-refractivity contribution in [3.8, 4) is 0 Å². The number of amides is 1. The maximum atomic E-state index is 13.3. The molecule has 1 saturated carbocycles. The van der Waals surface area contributed by atoms with Gasteiger partial charge < -0.3 is 15.5 Å². The standard InChI is InChI=1S/C21H29FN4O/c1-2-23-19(26-11-3-8-20(15-26)12-18(27)24-13-20)25-14-21(9-10-21)16-4-6-17(22)7-5-16/h4-7H,2-3,8-15H2,1H3,(H,23,25)(H,24,27). The molecule has 1 unspecified atom stereocenters. The summed E-state index contributed by atoms with van der Waals surface area (Å²) in [7, 11) is 0. The van der Waals surface area contributed by atoms with Crippen LogP contribution in [0.5, 0.6) is 0 Å². The smallest absolute Gasteiger partial charge is 0.220 e. The Morgan fingerprint density at radius 1 is 1.30 bits per heavy atom. The van der Waals surface area contributed by atoms with Crippen LogP contribution in [0.15, 0.2) is 29.3 Å². The lowest BCUT2D eigenvalue weighted by Gasteiger charge is -2.41. The van der Waals surface area contributed by atoms with E-state index in [4.69, 9.17) is 4.99 Å². The van der Waals surface area contributed by atoms with Crippen LogP contribution in [0.4, 0.5) is 4.39 Å². The zero-order chi connectivity index (χ0) is 18.9. The van der Waals surface area contributed by atoms with E-state index in [0.717, 1.165) is 64.4 Å². The fourth-order valence-electron chi connectivity index (χ4n) is 4.57. The van der Waals surface area contributed by atoms with Gasteiger partial charge in [0.15, 0.2) is 5.96 Å².